The van der Waals surface area contributed by atoms with E-state index in [0.29, 0.717) is 43.4 Å². The molecule has 2 N–H and O–H groups in total. The van der Waals surface area contributed by atoms with E-state index in [1.165, 1.54) is 12.1 Å². The number of carbonyl (C=O) groups is 2. The van der Waals surface area contributed by atoms with Crippen molar-refractivity contribution >= 4 is 23.6 Å². The van der Waals surface area contributed by atoms with E-state index in [-0.39, 0.29) is 23.9 Å². The first-order valence-corrected chi connectivity index (χ1v) is 12.3. The molecule has 0 saturated carbocycles. The highest BCUT2D eigenvalue weighted by molar-refractivity contribution is 7.99. The van der Waals surface area contributed by atoms with Crippen molar-refractivity contribution in [3.63, 3.8) is 0 Å². The first kappa shape index (κ1) is 25.2. The maximum Gasteiger partial charge on any atom is 0.303 e. The second-order valence-electron chi connectivity index (χ2n) is 8.23. The molecule has 0 aromatic heterocycles. The molecule has 1 aliphatic heterocycles. The van der Waals surface area contributed by atoms with Crippen LogP contribution in [0.4, 0.5) is 8.78 Å². The number of rotatable bonds is 12. The van der Waals surface area contributed by atoms with Crippen molar-refractivity contribution in [1.82, 2.24) is 4.90 Å². The zero-order valence-corrected chi connectivity index (χ0v) is 19.2. The maximum absolute atomic E-state index is 14.1. The molecule has 8 heteroatoms. The molecule has 0 unspecified atom stereocenters. The van der Waals surface area contributed by atoms with Gasteiger partial charge >= 0.3 is 5.97 Å². The van der Waals surface area contributed by atoms with Crippen molar-refractivity contribution in [1.29, 1.82) is 0 Å². The quantitative estimate of drug-likeness (QED) is 0.419. The first-order chi connectivity index (χ1) is 15.8. The van der Waals surface area contributed by atoms with Gasteiger partial charge in [-0.3, -0.25) is 9.59 Å². The number of hydrogen-bond donors (Lipinski definition) is 2. The molecular formula is C25H29F2NO4S. The van der Waals surface area contributed by atoms with E-state index < -0.39 is 23.7 Å². The first-order valence-electron chi connectivity index (χ1n) is 11.2. The second kappa shape index (κ2) is 12.1. The predicted molar refractivity (Wildman–Crippen MR) is 125 cm³/mol. The Labute approximate surface area is 196 Å². The Kier molecular flexibility index (Phi) is 9.26. The molecular weight excluding hydrogens is 448 g/mol. The van der Waals surface area contributed by atoms with Crippen LogP contribution < -0.4 is 0 Å². The zero-order chi connectivity index (χ0) is 23.8. The number of nitrogens with zero attached hydrogens (tertiary/aromatic N) is 1. The smallest absolute Gasteiger partial charge is 0.303 e. The fourth-order valence-corrected chi connectivity index (χ4v) is 5.02. The normalized spacial score (nSPS) is 16.9. The third kappa shape index (κ3) is 7.27. The van der Waals surface area contributed by atoms with E-state index in [9.17, 15) is 23.5 Å². The monoisotopic (exact) mass is 477 g/mol. The Morgan fingerprint density at radius 2 is 2.00 bits per heavy atom. The molecule has 178 valence electrons. The van der Waals surface area contributed by atoms with Gasteiger partial charge in [0.1, 0.15) is 11.6 Å². The maximum atomic E-state index is 14.1. The van der Waals surface area contributed by atoms with Gasteiger partial charge in [-0.2, -0.15) is 11.8 Å². The van der Waals surface area contributed by atoms with Crippen LogP contribution in [0.3, 0.4) is 0 Å². The molecule has 1 amide bonds. The van der Waals surface area contributed by atoms with Crippen LogP contribution >= 0.6 is 11.8 Å². The lowest BCUT2D eigenvalue weighted by Gasteiger charge is -2.25. The summed E-state index contributed by atoms with van der Waals surface area (Å²) in [4.78, 5) is 24.7. The number of carbonyl (C=O) groups excluding carboxylic acids is 1. The minimum Gasteiger partial charge on any atom is -0.481 e. The van der Waals surface area contributed by atoms with Crippen molar-refractivity contribution < 1.29 is 28.6 Å². The van der Waals surface area contributed by atoms with Crippen molar-refractivity contribution in [2.45, 2.75) is 50.7 Å². The van der Waals surface area contributed by atoms with E-state index in [4.69, 9.17) is 5.11 Å². The van der Waals surface area contributed by atoms with Gasteiger partial charge in [-0.05, 0) is 60.8 Å². The van der Waals surface area contributed by atoms with Crippen LogP contribution in [0.25, 0.3) is 11.1 Å². The number of hydrogen-bond acceptors (Lipinski definition) is 4. The van der Waals surface area contributed by atoms with Crippen molar-refractivity contribution in [2.24, 2.45) is 0 Å². The average molecular weight is 478 g/mol. The number of carboxylic acids is 1. The zero-order valence-electron chi connectivity index (χ0n) is 18.4. The Morgan fingerprint density at radius 1 is 1.18 bits per heavy atom. The molecule has 1 heterocycles. The molecule has 0 spiro atoms. The van der Waals surface area contributed by atoms with Crippen LogP contribution in [0.1, 0.15) is 50.2 Å². The van der Waals surface area contributed by atoms with E-state index in [1.54, 1.807) is 36.0 Å². The molecule has 2 atom stereocenters. The number of halogens is 2. The third-order valence-corrected chi connectivity index (χ3v) is 6.94. The molecule has 0 radical (unpaired) electrons. The summed E-state index contributed by atoms with van der Waals surface area (Å²) in [5.74, 6) is -0.450. The van der Waals surface area contributed by atoms with E-state index in [1.807, 2.05) is 4.90 Å². The number of aliphatic carboxylic acids is 1. The van der Waals surface area contributed by atoms with Gasteiger partial charge in [-0.25, -0.2) is 8.78 Å². The van der Waals surface area contributed by atoms with Crippen molar-refractivity contribution in [2.75, 3.05) is 18.1 Å². The van der Waals surface area contributed by atoms with E-state index in [0.717, 1.165) is 24.0 Å². The van der Waals surface area contributed by atoms with Crippen molar-refractivity contribution in [3.05, 3.63) is 59.7 Å². The highest BCUT2D eigenvalue weighted by atomic mass is 32.2. The third-order valence-electron chi connectivity index (χ3n) is 5.90. The SMILES string of the molecule is O=C(O)CCCSCCN1C(=O)CC[C@@H]1CC[C@@H](O)c1cccc(-c2ccc(F)cc2F)c1. The second-order valence-corrected chi connectivity index (χ2v) is 9.46. The Hall–Kier alpha value is -2.45. The van der Waals surface area contributed by atoms with Gasteiger partial charge in [0.15, 0.2) is 0 Å². The number of likely N-dealkylation sites (tertiary alicyclic amines) is 1. The standard InChI is InChI=1S/C25H29F2NO4S/c26-19-6-9-21(22(27)16-19)17-3-1-4-18(15-17)23(29)10-7-20-8-11-24(30)28(20)12-14-33-13-2-5-25(31)32/h1,3-4,6,9,15-16,20,23,29H,2,5,7-8,10-14H2,(H,31,32)/t20-,23+/m0/s1. The molecule has 1 saturated heterocycles. The summed E-state index contributed by atoms with van der Waals surface area (Å²) >= 11 is 1.65. The molecule has 1 fully saturated rings. The van der Waals surface area contributed by atoms with Crippen LogP contribution in [-0.4, -0.2) is 51.1 Å². The fraction of sp³-hybridized carbons (Fsp3) is 0.440. The largest absolute Gasteiger partial charge is 0.481 e. The highest BCUT2D eigenvalue weighted by Crippen LogP contribution is 2.30. The van der Waals surface area contributed by atoms with Crippen LogP contribution in [0, 0.1) is 11.6 Å². The van der Waals surface area contributed by atoms with Gasteiger partial charge in [0.05, 0.1) is 6.10 Å². The summed E-state index contributed by atoms with van der Waals surface area (Å²) < 4.78 is 27.3. The molecule has 0 bridgehead atoms. The highest BCUT2D eigenvalue weighted by Gasteiger charge is 2.30. The van der Waals surface area contributed by atoms with Crippen LogP contribution in [-0.2, 0) is 9.59 Å². The van der Waals surface area contributed by atoms with Crippen LogP contribution in [0.2, 0.25) is 0 Å². The van der Waals surface area contributed by atoms with E-state index in [2.05, 4.69) is 0 Å². The van der Waals surface area contributed by atoms with Crippen molar-refractivity contribution in [3.8, 4) is 11.1 Å². The molecule has 0 aliphatic carbocycles. The lowest BCUT2D eigenvalue weighted by molar-refractivity contribution is -0.137. The molecule has 3 rings (SSSR count). The van der Waals surface area contributed by atoms with E-state index >= 15 is 0 Å². The number of aliphatic hydroxyl groups excluding tert-OH is 1. The summed E-state index contributed by atoms with van der Waals surface area (Å²) in [5.41, 5.74) is 1.50. The van der Waals surface area contributed by atoms with Crippen LogP contribution in [0.5, 0.6) is 0 Å². The number of aliphatic hydroxyl groups is 1. The van der Waals surface area contributed by atoms with Gasteiger partial charge < -0.3 is 15.1 Å². The number of amides is 1. The van der Waals surface area contributed by atoms with Gasteiger partial charge in [0, 0.05) is 42.8 Å². The molecule has 1 aliphatic rings. The van der Waals surface area contributed by atoms with Gasteiger partial charge in [0.2, 0.25) is 5.91 Å². The van der Waals surface area contributed by atoms with Gasteiger partial charge in [-0.1, -0.05) is 18.2 Å². The number of benzene rings is 2. The average Bonchev–Trinajstić information content (AvgIpc) is 3.13. The summed E-state index contributed by atoms with van der Waals surface area (Å²) in [6, 6.07) is 10.5. The topological polar surface area (TPSA) is 77.8 Å². The minimum atomic E-state index is -0.794. The summed E-state index contributed by atoms with van der Waals surface area (Å²) in [6.07, 6.45) is 2.41. The summed E-state index contributed by atoms with van der Waals surface area (Å²) in [6.45, 7) is 0.622. The lowest BCUT2D eigenvalue weighted by Crippen LogP contribution is -2.35. The Balaban J connectivity index is 1.52. The minimum absolute atomic E-state index is 0.0736. The Bertz CT molecular complexity index is 971. The van der Waals surface area contributed by atoms with Gasteiger partial charge in [-0.15, -0.1) is 0 Å². The Morgan fingerprint density at radius 3 is 2.76 bits per heavy atom. The van der Waals surface area contributed by atoms with Gasteiger partial charge in [0.25, 0.3) is 0 Å². The molecule has 33 heavy (non-hydrogen) atoms. The lowest BCUT2D eigenvalue weighted by atomic mass is 9.96. The molecule has 5 nitrogen and oxygen atoms in total. The summed E-state index contributed by atoms with van der Waals surface area (Å²) in [5, 5.41) is 19.4. The molecule has 2 aromatic carbocycles. The summed E-state index contributed by atoms with van der Waals surface area (Å²) in [7, 11) is 0. The predicted octanol–water partition coefficient (Wildman–Crippen LogP) is 5.03. The number of carboxylic acid groups (broad SMARTS) is 1. The number of thioether (sulfide) groups is 1. The molecule has 2 aromatic rings. The van der Waals surface area contributed by atoms with Crippen LogP contribution in [0.15, 0.2) is 42.5 Å². The fourth-order valence-electron chi connectivity index (χ4n) is 4.15.